The monoisotopic (exact) mass is 301 g/mol. The number of carbonyl (C=O) groups excluding carboxylic acids is 2. The largest absolute Gasteiger partial charge is 0.291 e. The maximum Gasteiger partial charge on any atom is 0.291 e. The normalized spacial score (nSPS) is 14.3. The summed E-state index contributed by atoms with van der Waals surface area (Å²) in [5.41, 5.74) is 5.31. The molecule has 0 radical (unpaired) electrons. The van der Waals surface area contributed by atoms with Crippen LogP contribution < -0.4 is 5.43 Å². The lowest BCUT2D eigenvalue weighted by molar-refractivity contribution is -0.120. The van der Waals surface area contributed by atoms with E-state index >= 15 is 0 Å². The molecule has 0 spiro atoms. The number of aryl methyl sites for hydroxylation is 1. The van der Waals surface area contributed by atoms with E-state index in [0.717, 1.165) is 5.01 Å². The molecule has 1 aliphatic heterocycles. The molecular weight excluding hydrogens is 286 g/mol. The van der Waals surface area contributed by atoms with E-state index in [-0.39, 0.29) is 11.8 Å². The first-order chi connectivity index (χ1) is 10.1. The van der Waals surface area contributed by atoms with E-state index in [2.05, 4.69) is 34.7 Å². The second-order valence-corrected chi connectivity index (χ2v) is 5.97. The number of nitrogens with one attached hydrogen (secondary N) is 1. The Balaban J connectivity index is 1.69. The summed E-state index contributed by atoms with van der Waals surface area (Å²) in [4.78, 5) is 27.7. The number of amides is 2. The molecule has 0 bridgehead atoms. The molecule has 0 saturated carbocycles. The first kappa shape index (κ1) is 13.8. The number of nitrogens with zero attached hydrogens (tertiary/aromatic N) is 2. The first-order valence-electron chi connectivity index (χ1n) is 6.73. The van der Waals surface area contributed by atoms with E-state index in [1.54, 1.807) is 5.38 Å². The molecule has 108 valence electrons. The van der Waals surface area contributed by atoms with E-state index in [1.165, 1.54) is 27.5 Å². The Morgan fingerprint density at radius 2 is 2.14 bits per heavy atom. The maximum atomic E-state index is 12.2. The highest BCUT2D eigenvalue weighted by atomic mass is 32.1. The van der Waals surface area contributed by atoms with Gasteiger partial charge < -0.3 is 0 Å². The van der Waals surface area contributed by atoms with Crippen molar-refractivity contribution in [2.45, 2.75) is 19.8 Å². The SMILES string of the molecule is Cc1ccc(Cc2nc(C(=O)N3CCC(=O)N3)cs2)cc1. The summed E-state index contributed by atoms with van der Waals surface area (Å²) in [6, 6.07) is 8.27. The van der Waals surface area contributed by atoms with Crippen molar-refractivity contribution in [2.24, 2.45) is 0 Å². The number of benzene rings is 1. The molecule has 2 heterocycles. The molecule has 1 aromatic heterocycles. The van der Waals surface area contributed by atoms with E-state index in [0.29, 0.717) is 25.1 Å². The van der Waals surface area contributed by atoms with Crippen LogP contribution in [0.2, 0.25) is 0 Å². The van der Waals surface area contributed by atoms with E-state index in [9.17, 15) is 9.59 Å². The summed E-state index contributed by atoms with van der Waals surface area (Å²) in [7, 11) is 0. The van der Waals surface area contributed by atoms with Gasteiger partial charge in [0.1, 0.15) is 5.69 Å². The summed E-state index contributed by atoms with van der Waals surface area (Å²) in [5, 5.41) is 3.97. The summed E-state index contributed by atoms with van der Waals surface area (Å²) >= 11 is 1.47. The molecule has 2 amide bonds. The van der Waals surface area contributed by atoms with Gasteiger partial charge in [0.15, 0.2) is 0 Å². The van der Waals surface area contributed by atoms with Crippen LogP contribution in [-0.2, 0) is 11.2 Å². The van der Waals surface area contributed by atoms with Crippen molar-refractivity contribution in [2.75, 3.05) is 6.54 Å². The molecule has 0 aliphatic carbocycles. The maximum absolute atomic E-state index is 12.2. The molecule has 1 aromatic carbocycles. The zero-order valence-corrected chi connectivity index (χ0v) is 12.4. The molecule has 5 nitrogen and oxygen atoms in total. The minimum atomic E-state index is -0.243. The fourth-order valence-electron chi connectivity index (χ4n) is 2.14. The highest BCUT2D eigenvalue weighted by molar-refractivity contribution is 7.09. The Labute approximate surface area is 126 Å². The highest BCUT2D eigenvalue weighted by Gasteiger charge is 2.25. The summed E-state index contributed by atoms with van der Waals surface area (Å²) < 4.78 is 0. The summed E-state index contributed by atoms with van der Waals surface area (Å²) in [6.07, 6.45) is 1.07. The zero-order chi connectivity index (χ0) is 14.8. The van der Waals surface area contributed by atoms with Crippen LogP contribution in [0.15, 0.2) is 29.6 Å². The molecule has 3 rings (SSSR count). The molecule has 21 heavy (non-hydrogen) atoms. The van der Waals surface area contributed by atoms with Gasteiger partial charge in [-0.2, -0.15) is 0 Å². The van der Waals surface area contributed by atoms with Crippen LogP contribution in [0.1, 0.15) is 33.0 Å². The lowest BCUT2D eigenvalue weighted by Crippen LogP contribution is -2.38. The van der Waals surface area contributed by atoms with Crippen molar-refractivity contribution >= 4 is 23.2 Å². The molecule has 1 aliphatic rings. The van der Waals surface area contributed by atoms with Gasteiger partial charge in [-0.1, -0.05) is 29.8 Å². The molecule has 0 atom stereocenters. The number of carbonyl (C=O) groups is 2. The Bertz CT molecular complexity index is 678. The zero-order valence-electron chi connectivity index (χ0n) is 11.6. The fraction of sp³-hybridized carbons (Fsp3) is 0.267. The Morgan fingerprint density at radius 1 is 1.38 bits per heavy atom. The van der Waals surface area contributed by atoms with Crippen LogP contribution in [0.4, 0.5) is 0 Å². The van der Waals surface area contributed by atoms with E-state index in [1.807, 2.05) is 6.92 Å². The second kappa shape index (κ2) is 5.65. The lowest BCUT2D eigenvalue weighted by atomic mass is 10.1. The lowest BCUT2D eigenvalue weighted by Gasteiger charge is -2.12. The third-order valence-corrected chi connectivity index (χ3v) is 4.16. The van der Waals surface area contributed by atoms with Crippen molar-refractivity contribution in [1.29, 1.82) is 0 Å². The Kier molecular flexibility index (Phi) is 3.70. The molecule has 0 unspecified atom stereocenters. The minimum Gasteiger partial charge on any atom is -0.273 e. The molecule has 2 aromatic rings. The van der Waals surface area contributed by atoms with Gasteiger partial charge >= 0.3 is 0 Å². The van der Waals surface area contributed by atoms with Gasteiger partial charge in [-0.25, -0.2) is 9.99 Å². The third kappa shape index (κ3) is 3.11. The summed E-state index contributed by atoms with van der Waals surface area (Å²) in [5.74, 6) is -0.370. The van der Waals surface area contributed by atoms with E-state index in [4.69, 9.17) is 0 Å². The highest BCUT2D eigenvalue weighted by Crippen LogP contribution is 2.17. The second-order valence-electron chi connectivity index (χ2n) is 5.03. The van der Waals surface area contributed by atoms with Crippen LogP contribution >= 0.6 is 11.3 Å². The number of aromatic nitrogens is 1. The van der Waals surface area contributed by atoms with Crippen LogP contribution in [0.25, 0.3) is 0 Å². The van der Waals surface area contributed by atoms with Crippen LogP contribution in [0.3, 0.4) is 0 Å². The van der Waals surface area contributed by atoms with Crippen LogP contribution in [-0.4, -0.2) is 28.4 Å². The van der Waals surface area contributed by atoms with Crippen LogP contribution in [0.5, 0.6) is 0 Å². The topological polar surface area (TPSA) is 62.3 Å². The quantitative estimate of drug-likeness (QED) is 0.942. The number of rotatable bonds is 3. The number of hydrazine groups is 1. The van der Waals surface area contributed by atoms with Gasteiger partial charge in [-0.3, -0.25) is 15.0 Å². The van der Waals surface area contributed by atoms with Crippen molar-refractivity contribution in [3.05, 3.63) is 51.5 Å². The van der Waals surface area contributed by atoms with Gasteiger partial charge in [0.2, 0.25) is 5.91 Å². The average molecular weight is 301 g/mol. The van der Waals surface area contributed by atoms with Crippen molar-refractivity contribution in [3.63, 3.8) is 0 Å². The van der Waals surface area contributed by atoms with Crippen molar-refractivity contribution < 1.29 is 9.59 Å². The first-order valence-corrected chi connectivity index (χ1v) is 7.61. The van der Waals surface area contributed by atoms with Gasteiger partial charge in [0, 0.05) is 18.2 Å². The molecule has 1 fully saturated rings. The molecule has 6 heteroatoms. The van der Waals surface area contributed by atoms with Gasteiger partial charge in [-0.15, -0.1) is 11.3 Å². The van der Waals surface area contributed by atoms with Crippen molar-refractivity contribution in [3.8, 4) is 0 Å². The standard InChI is InChI=1S/C15H15N3O2S/c1-10-2-4-11(5-3-10)8-14-16-12(9-21-14)15(20)18-7-6-13(19)17-18/h2-5,9H,6-8H2,1H3,(H,17,19). The minimum absolute atomic E-state index is 0.126. The third-order valence-electron chi connectivity index (χ3n) is 3.31. The smallest absolute Gasteiger partial charge is 0.273 e. The fourth-order valence-corrected chi connectivity index (χ4v) is 2.94. The van der Waals surface area contributed by atoms with Gasteiger partial charge in [0.05, 0.1) is 11.6 Å². The van der Waals surface area contributed by atoms with E-state index < -0.39 is 0 Å². The van der Waals surface area contributed by atoms with Gasteiger partial charge in [-0.05, 0) is 12.5 Å². The molecule has 1 N–H and O–H groups in total. The Morgan fingerprint density at radius 3 is 2.81 bits per heavy atom. The van der Waals surface area contributed by atoms with Gasteiger partial charge in [0.25, 0.3) is 5.91 Å². The average Bonchev–Trinajstić information content (AvgIpc) is 3.10. The molecule has 1 saturated heterocycles. The summed E-state index contributed by atoms with van der Waals surface area (Å²) in [6.45, 7) is 2.46. The number of thiazole rings is 1. The van der Waals surface area contributed by atoms with Crippen molar-refractivity contribution in [1.82, 2.24) is 15.4 Å². The Hall–Kier alpha value is -2.21. The predicted octanol–water partition coefficient (Wildman–Crippen LogP) is 1.92. The molecular formula is C15H15N3O2S. The predicted molar refractivity (Wildman–Crippen MR) is 79.9 cm³/mol. The number of hydrogen-bond donors (Lipinski definition) is 1. The van der Waals surface area contributed by atoms with Crippen LogP contribution in [0, 0.1) is 6.92 Å². The number of hydrogen-bond acceptors (Lipinski definition) is 4.